The second kappa shape index (κ2) is 4.59. The fourth-order valence-corrected chi connectivity index (χ4v) is 3.31. The number of fused-ring (bicyclic) bond motifs is 1. The minimum absolute atomic E-state index is 0.0240. The van der Waals surface area contributed by atoms with Crippen LogP contribution < -0.4 is 0 Å². The molecule has 94 valence electrons. The number of hydrogen-bond donors (Lipinski definition) is 0. The van der Waals surface area contributed by atoms with E-state index >= 15 is 0 Å². The molecule has 0 amide bonds. The van der Waals surface area contributed by atoms with Gasteiger partial charge in [0.2, 0.25) is 0 Å². The van der Waals surface area contributed by atoms with Gasteiger partial charge in [0.05, 0.1) is 7.11 Å². The Morgan fingerprint density at radius 3 is 2.71 bits per heavy atom. The lowest BCUT2D eigenvalue weighted by Gasteiger charge is -2.32. The molecule has 2 atom stereocenters. The van der Waals surface area contributed by atoms with Gasteiger partial charge in [0.25, 0.3) is 0 Å². The molecule has 4 nitrogen and oxygen atoms in total. The van der Waals surface area contributed by atoms with Crippen molar-refractivity contribution in [1.29, 1.82) is 0 Å². The van der Waals surface area contributed by atoms with Gasteiger partial charge in [-0.2, -0.15) is 0 Å². The Bertz CT molecular complexity index is 360. The molecule has 2 aliphatic rings. The first-order valence-corrected chi connectivity index (χ1v) is 6.24. The normalized spacial score (nSPS) is 33.8. The Morgan fingerprint density at radius 1 is 1.24 bits per heavy atom. The molecule has 0 aromatic heterocycles. The van der Waals surface area contributed by atoms with Gasteiger partial charge in [-0.05, 0) is 31.6 Å². The molecule has 0 aromatic carbocycles. The molecule has 2 aliphatic carbocycles. The lowest BCUT2D eigenvalue weighted by molar-refractivity contribution is -0.160. The van der Waals surface area contributed by atoms with Crippen molar-refractivity contribution in [2.45, 2.75) is 44.9 Å². The van der Waals surface area contributed by atoms with Crippen LogP contribution in [0.3, 0.4) is 0 Å². The summed E-state index contributed by atoms with van der Waals surface area (Å²) in [6.07, 6.45) is 4.06. The summed E-state index contributed by atoms with van der Waals surface area (Å²) in [5.41, 5.74) is -1.01. The zero-order valence-corrected chi connectivity index (χ0v) is 10.2. The van der Waals surface area contributed by atoms with Gasteiger partial charge < -0.3 is 4.74 Å². The maximum atomic E-state index is 12.1. The van der Waals surface area contributed by atoms with E-state index in [1.165, 1.54) is 7.11 Å². The van der Waals surface area contributed by atoms with Gasteiger partial charge >= 0.3 is 5.97 Å². The first-order chi connectivity index (χ1) is 8.11. The third kappa shape index (κ3) is 1.90. The highest BCUT2D eigenvalue weighted by Gasteiger charge is 2.56. The molecule has 2 saturated carbocycles. The first-order valence-electron chi connectivity index (χ1n) is 6.24. The van der Waals surface area contributed by atoms with Crippen molar-refractivity contribution in [3.8, 4) is 0 Å². The maximum Gasteiger partial charge on any atom is 0.319 e. The van der Waals surface area contributed by atoms with E-state index in [0.29, 0.717) is 25.7 Å². The molecule has 2 rings (SSSR count). The quantitative estimate of drug-likeness (QED) is 0.515. The molecule has 0 radical (unpaired) electrons. The Labute approximate surface area is 101 Å². The molecule has 0 spiro atoms. The van der Waals surface area contributed by atoms with Gasteiger partial charge in [0.15, 0.2) is 0 Å². The van der Waals surface area contributed by atoms with E-state index in [0.717, 1.165) is 19.3 Å². The van der Waals surface area contributed by atoms with Crippen LogP contribution in [0.2, 0.25) is 0 Å². The average Bonchev–Trinajstić information content (AvgIpc) is 2.61. The number of ketones is 2. The summed E-state index contributed by atoms with van der Waals surface area (Å²) in [6, 6.07) is 0. The zero-order chi connectivity index (χ0) is 12.5. The summed E-state index contributed by atoms with van der Waals surface area (Å²) in [5, 5.41) is 0. The summed E-state index contributed by atoms with van der Waals surface area (Å²) in [4.78, 5) is 35.6. The zero-order valence-electron chi connectivity index (χ0n) is 10.2. The van der Waals surface area contributed by atoms with Crippen LogP contribution in [0.15, 0.2) is 0 Å². The maximum absolute atomic E-state index is 12.1. The van der Waals surface area contributed by atoms with Crippen LogP contribution in [0.1, 0.15) is 44.9 Å². The summed E-state index contributed by atoms with van der Waals surface area (Å²) in [7, 11) is 1.32. The number of hydrogen-bond acceptors (Lipinski definition) is 4. The number of methoxy groups -OCH3 is 1. The molecule has 0 heterocycles. The minimum atomic E-state index is -1.01. The molecule has 2 fully saturated rings. The highest BCUT2D eigenvalue weighted by molar-refractivity contribution is 6.06. The van der Waals surface area contributed by atoms with Gasteiger partial charge in [0, 0.05) is 19.3 Å². The number of carbonyl (C=O) groups excluding carboxylic acids is 3. The highest BCUT2D eigenvalue weighted by Crippen LogP contribution is 2.48. The summed E-state index contributed by atoms with van der Waals surface area (Å²) >= 11 is 0. The highest BCUT2D eigenvalue weighted by atomic mass is 16.5. The molecule has 4 heteroatoms. The number of ether oxygens (including phenoxy) is 1. The fraction of sp³-hybridized carbons (Fsp3) is 0.769. The van der Waals surface area contributed by atoms with E-state index in [9.17, 15) is 14.4 Å². The third-order valence-corrected chi connectivity index (χ3v) is 4.27. The Hall–Kier alpha value is -1.19. The topological polar surface area (TPSA) is 60.4 Å². The second-order valence-corrected chi connectivity index (χ2v) is 5.05. The molecule has 0 aliphatic heterocycles. The van der Waals surface area contributed by atoms with Crippen LogP contribution >= 0.6 is 0 Å². The van der Waals surface area contributed by atoms with E-state index in [4.69, 9.17) is 4.74 Å². The molecule has 17 heavy (non-hydrogen) atoms. The minimum Gasteiger partial charge on any atom is -0.468 e. The smallest absolute Gasteiger partial charge is 0.319 e. The Balaban J connectivity index is 2.33. The molecule has 0 N–H and O–H groups in total. The molecular formula is C13H18O4. The first kappa shape index (κ1) is 12.3. The third-order valence-electron chi connectivity index (χ3n) is 4.27. The Kier molecular flexibility index (Phi) is 3.31. The summed E-state index contributed by atoms with van der Waals surface area (Å²) < 4.78 is 4.83. The number of esters is 1. The molecular weight excluding hydrogens is 220 g/mol. The SMILES string of the molecule is COC(=O)[C@@]12CCC(=O)CCC[C@@H]1CCC2=O. The summed E-state index contributed by atoms with van der Waals surface area (Å²) in [5.74, 6) is -0.217. The predicted octanol–water partition coefficient (Wildman–Crippen LogP) is 1.66. The van der Waals surface area contributed by atoms with E-state index in [1.54, 1.807) is 0 Å². The molecule has 0 bridgehead atoms. The van der Waals surface area contributed by atoms with Gasteiger partial charge in [0.1, 0.15) is 17.0 Å². The number of rotatable bonds is 1. The van der Waals surface area contributed by atoms with Crippen LogP contribution in [0.5, 0.6) is 0 Å². The van der Waals surface area contributed by atoms with Crippen molar-refractivity contribution < 1.29 is 19.1 Å². The fourth-order valence-electron chi connectivity index (χ4n) is 3.31. The van der Waals surface area contributed by atoms with Crippen LogP contribution in [-0.2, 0) is 19.1 Å². The van der Waals surface area contributed by atoms with Gasteiger partial charge in [-0.15, -0.1) is 0 Å². The average molecular weight is 238 g/mol. The van der Waals surface area contributed by atoms with Crippen molar-refractivity contribution in [1.82, 2.24) is 0 Å². The molecule has 0 unspecified atom stereocenters. The van der Waals surface area contributed by atoms with E-state index in [1.807, 2.05) is 0 Å². The van der Waals surface area contributed by atoms with Crippen molar-refractivity contribution in [3.05, 3.63) is 0 Å². The van der Waals surface area contributed by atoms with E-state index < -0.39 is 11.4 Å². The van der Waals surface area contributed by atoms with Crippen molar-refractivity contribution in [3.63, 3.8) is 0 Å². The van der Waals surface area contributed by atoms with E-state index in [2.05, 4.69) is 0 Å². The van der Waals surface area contributed by atoms with Crippen LogP contribution in [0, 0.1) is 11.3 Å². The van der Waals surface area contributed by atoms with Crippen molar-refractivity contribution in [2.75, 3.05) is 7.11 Å². The van der Waals surface area contributed by atoms with Crippen LogP contribution in [-0.4, -0.2) is 24.6 Å². The number of Topliss-reactive ketones (excluding diaryl/α,β-unsaturated/α-hetero) is 2. The Morgan fingerprint density at radius 2 is 2.00 bits per heavy atom. The number of carbonyl (C=O) groups is 3. The standard InChI is InChI=1S/C13H18O4/c1-17-12(16)13-8-7-10(14)4-2-3-9(13)5-6-11(13)15/h9H,2-8H2,1H3/t9-,13+/m1/s1. The second-order valence-electron chi connectivity index (χ2n) is 5.05. The van der Waals surface area contributed by atoms with Gasteiger partial charge in [-0.3, -0.25) is 14.4 Å². The van der Waals surface area contributed by atoms with E-state index in [-0.39, 0.29) is 17.5 Å². The molecule has 0 aromatic rings. The van der Waals surface area contributed by atoms with Gasteiger partial charge in [-0.1, -0.05) is 0 Å². The monoisotopic (exact) mass is 238 g/mol. The lowest BCUT2D eigenvalue weighted by Crippen LogP contribution is -2.43. The molecule has 0 saturated heterocycles. The largest absolute Gasteiger partial charge is 0.468 e. The van der Waals surface area contributed by atoms with Gasteiger partial charge in [-0.25, -0.2) is 0 Å². The van der Waals surface area contributed by atoms with Crippen LogP contribution in [0.4, 0.5) is 0 Å². The predicted molar refractivity (Wildman–Crippen MR) is 60.3 cm³/mol. The van der Waals surface area contributed by atoms with Crippen LogP contribution in [0.25, 0.3) is 0 Å². The summed E-state index contributed by atoms with van der Waals surface area (Å²) in [6.45, 7) is 0. The lowest BCUT2D eigenvalue weighted by atomic mass is 9.70. The van der Waals surface area contributed by atoms with Crippen molar-refractivity contribution in [2.24, 2.45) is 11.3 Å². The van der Waals surface area contributed by atoms with Crippen molar-refractivity contribution >= 4 is 17.5 Å².